The highest BCUT2D eigenvalue weighted by Gasteiger charge is 2.40. The fourth-order valence-electron chi connectivity index (χ4n) is 2.94. The average Bonchev–Trinajstić information content (AvgIpc) is 2.89. The molecule has 2 aromatic carbocycles. The first-order chi connectivity index (χ1) is 12.0. The Balaban J connectivity index is 1.80. The van der Waals surface area contributed by atoms with Gasteiger partial charge in [0.2, 0.25) is 5.91 Å². The Bertz CT molecular complexity index is 830. The maximum absolute atomic E-state index is 12.7. The number of nitrogens with zero attached hydrogens (tertiary/aromatic N) is 1. The number of hydrogen-bond acceptors (Lipinski definition) is 4. The van der Waals surface area contributed by atoms with E-state index in [9.17, 15) is 14.4 Å². The van der Waals surface area contributed by atoms with E-state index < -0.39 is 12.0 Å². The van der Waals surface area contributed by atoms with E-state index in [1.165, 1.54) is 17.0 Å². The lowest BCUT2D eigenvalue weighted by Gasteiger charge is -2.19. The van der Waals surface area contributed by atoms with Crippen molar-refractivity contribution in [1.82, 2.24) is 0 Å². The topological polar surface area (TPSA) is 86.7 Å². The molecule has 1 atom stereocenters. The molecule has 1 aliphatic rings. The van der Waals surface area contributed by atoms with Gasteiger partial charge < -0.3 is 10.4 Å². The van der Waals surface area contributed by atoms with Crippen molar-refractivity contribution in [3.63, 3.8) is 0 Å². The van der Waals surface area contributed by atoms with Gasteiger partial charge in [0.1, 0.15) is 6.04 Å². The predicted octanol–water partition coefficient (Wildman–Crippen LogP) is 2.69. The van der Waals surface area contributed by atoms with Gasteiger partial charge in [0.25, 0.3) is 5.91 Å². The molecule has 3 rings (SSSR count). The van der Waals surface area contributed by atoms with Crippen LogP contribution in [0.3, 0.4) is 0 Å². The molecule has 1 heterocycles. The van der Waals surface area contributed by atoms with Crippen LogP contribution in [0.4, 0.5) is 11.4 Å². The summed E-state index contributed by atoms with van der Waals surface area (Å²) in [6.45, 7) is 1.98. The lowest BCUT2D eigenvalue weighted by atomic mass is 10.1. The highest BCUT2D eigenvalue weighted by molar-refractivity contribution is 6.23. The monoisotopic (exact) mass is 338 g/mol. The molecule has 128 valence electrons. The maximum Gasteiger partial charge on any atom is 0.335 e. The third-order valence-electron chi connectivity index (χ3n) is 4.23. The predicted molar refractivity (Wildman–Crippen MR) is 93.7 cm³/mol. The first-order valence-electron chi connectivity index (χ1n) is 8.06. The minimum absolute atomic E-state index is 0.0670. The molecular weight excluding hydrogens is 320 g/mol. The Morgan fingerprint density at radius 2 is 1.84 bits per heavy atom. The van der Waals surface area contributed by atoms with Crippen LogP contribution in [0.25, 0.3) is 0 Å². The number of nitrogens with one attached hydrogen (secondary N) is 1. The molecule has 6 nitrogen and oxygen atoms in total. The van der Waals surface area contributed by atoms with Gasteiger partial charge in [0.15, 0.2) is 0 Å². The summed E-state index contributed by atoms with van der Waals surface area (Å²) in [5.41, 5.74) is 2.33. The van der Waals surface area contributed by atoms with Crippen LogP contribution in [0.5, 0.6) is 0 Å². The minimum atomic E-state index is -1.01. The van der Waals surface area contributed by atoms with Crippen LogP contribution in [0, 0.1) is 0 Å². The highest BCUT2D eigenvalue weighted by atomic mass is 16.4. The molecule has 1 aliphatic heterocycles. The Morgan fingerprint density at radius 3 is 2.48 bits per heavy atom. The van der Waals surface area contributed by atoms with Gasteiger partial charge in [-0.15, -0.1) is 0 Å². The van der Waals surface area contributed by atoms with Gasteiger partial charge in [0.05, 0.1) is 17.7 Å². The molecular formula is C19H18N2O4. The molecule has 2 aromatic rings. The molecule has 0 aromatic heterocycles. The first-order valence-corrected chi connectivity index (χ1v) is 8.06. The molecule has 2 N–H and O–H groups in total. The minimum Gasteiger partial charge on any atom is -0.478 e. The fourth-order valence-corrected chi connectivity index (χ4v) is 2.94. The lowest BCUT2D eigenvalue weighted by Crippen LogP contribution is -2.35. The molecule has 1 fully saturated rings. The number of para-hydroxylation sites is 1. The van der Waals surface area contributed by atoms with Crippen LogP contribution in [-0.2, 0) is 16.0 Å². The molecule has 0 spiro atoms. The number of hydrogen-bond donors (Lipinski definition) is 2. The van der Waals surface area contributed by atoms with E-state index in [1.54, 1.807) is 24.3 Å². The van der Waals surface area contributed by atoms with E-state index in [0.717, 1.165) is 12.0 Å². The van der Waals surface area contributed by atoms with Gasteiger partial charge >= 0.3 is 5.97 Å². The smallest absolute Gasteiger partial charge is 0.335 e. The summed E-state index contributed by atoms with van der Waals surface area (Å²) in [7, 11) is 0. The Labute approximate surface area is 145 Å². The summed E-state index contributed by atoms with van der Waals surface area (Å²) in [5, 5.41) is 11.9. The van der Waals surface area contributed by atoms with E-state index in [2.05, 4.69) is 5.32 Å². The quantitative estimate of drug-likeness (QED) is 0.819. The van der Waals surface area contributed by atoms with Gasteiger partial charge in [0, 0.05) is 5.69 Å². The summed E-state index contributed by atoms with van der Waals surface area (Å²) in [4.78, 5) is 37.2. The Kier molecular flexibility index (Phi) is 4.52. The number of anilines is 2. The summed E-state index contributed by atoms with van der Waals surface area (Å²) in [6.07, 6.45) is 0.791. The second-order valence-electron chi connectivity index (χ2n) is 5.83. The summed E-state index contributed by atoms with van der Waals surface area (Å²) < 4.78 is 0. The Hall–Kier alpha value is -3.15. The molecule has 25 heavy (non-hydrogen) atoms. The fraction of sp³-hybridized carbons (Fsp3) is 0.211. The van der Waals surface area contributed by atoms with Crippen LogP contribution in [0.1, 0.15) is 29.3 Å². The zero-order valence-electron chi connectivity index (χ0n) is 13.7. The molecule has 1 unspecified atom stereocenters. The number of carboxylic acid groups (broad SMARTS) is 1. The summed E-state index contributed by atoms with van der Waals surface area (Å²) >= 11 is 0. The van der Waals surface area contributed by atoms with E-state index in [4.69, 9.17) is 5.11 Å². The summed E-state index contributed by atoms with van der Waals surface area (Å²) in [6, 6.07) is 12.8. The third kappa shape index (κ3) is 3.24. The molecule has 6 heteroatoms. The van der Waals surface area contributed by atoms with Crippen LogP contribution in [0.2, 0.25) is 0 Å². The number of amides is 2. The van der Waals surface area contributed by atoms with Gasteiger partial charge in [-0.2, -0.15) is 0 Å². The third-order valence-corrected chi connectivity index (χ3v) is 4.23. The second kappa shape index (κ2) is 6.76. The maximum atomic E-state index is 12.7. The first kappa shape index (κ1) is 16.7. The number of carbonyl (C=O) groups excluding carboxylic acids is 2. The molecule has 0 aliphatic carbocycles. The lowest BCUT2D eigenvalue weighted by molar-refractivity contribution is -0.121. The van der Waals surface area contributed by atoms with Crippen molar-refractivity contribution >= 4 is 29.2 Å². The molecule has 0 bridgehead atoms. The average molecular weight is 338 g/mol. The highest BCUT2D eigenvalue weighted by Crippen LogP contribution is 2.28. The molecule has 0 radical (unpaired) electrons. The van der Waals surface area contributed by atoms with E-state index in [0.29, 0.717) is 11.4 Å². The van der Waals surface area contributed by atoms with Crippen LogP contribution < -0.4 is 10.2 Å². The summed E-state index contributed by atoms with van der Waals surface area (Å²) in [5.74, 6) is -1.56. The standard InChI is InChI=1S/C19H18N2O4/c1-2-12-5-3-4-6-16(12)21-17(22)11-15(18(21)23)20-14-9-7-13(8-10-14)19(24)25/h3-10,15,20H,2,11H2,1H3,(H,24,25). The van der Waals surface area contributed by atoms with Crippen molar-refractivity contribution in [3.8, 4) is 0 Å². The largest absolute Gasteiger partial charge is 0.478 e. The normalized spacial score (nSPS) is 17.0. The van der Waals surface area contributed by atoms with Crippen molar-refractivity contribution in [2.75, 3.05) is 10.2 Å². The van der Waals surface area contributed by atoms with E-state index >= 15 is 0 Å². The SMILES string of the molecule is CCc1ccccc1N1C(=O)CC(Nc2ccc(C(=O)O)cc2)C1=O. The van der Waals surface area contributed by atoms with Gasteiger partial charge in [-0.05, 0) is 42.3 Å². The van der Waals surface area contributed by atoms with Gasteiger partial charge in [-0.1, -0.05) is 25.1 Å². The molecule has 0 saturated carbocycles. The van der Waals surface area contributed by atoms with E-state index in [1.807, 2.05) is 19.1 Å². The van der Waals surface area contributed by atoms with Crippen LogP contribution in [0.15, 0.2) is 48.5 Å². The number of aryl methyl sites for hydroxylation is 1. The van der Waals surface area contributed by atoms with Crippen LogP contribution in [-0.4, -0.2) is 28.9 Å². The number of imide groups is 1. The van der Waals surface area contributed by atoms with Crippen molar-refractivity contribution in [1.29, 1.82) is 0 Å². The van der Waals surface area contributed by atoms with Gasteiger partial charge in [-0.3, -0.25) is 9.59 Å². The Morgan fingerprint density at radius 1 is 1.16 bits per heavy atom. The second-order valence-corrected chi connectivity index (χ2v) is 5.83. The van der Waals surface area contributed by atoms with Crippen molar-refractivity contribution < 1.29 is 19.5 Å². The zero-order valence-corrected chi connectivity index (χ0v) is 13.7. The number of aromatic carboxylic acids is 1. The van der Waals surface area contributed by atoms with Crippen LogP contribution >= 0.6 is 0 Å². The number of carbonyl (C=O) groups is 3. The van der Waals surface area contributed by atoms with Crippen molar-refractivity contribution in [3.05, 3.63) is 59.7 Å². The number of benzene rings is 2. The van der Waals surface area contributed by atoms with Crippen molar-refractivity contribution in [2.24, 2.45) is 0 Å². The zero-order chi connectivity index (χ0) is 18.0. The number of rotatable bonds is 5. The van der Waals surface area contributed by atoms with Crippen molar-refractivity contribution in [2.45, 2.75) is 25.8 Å². The van der Waals surface area contributed by atoms with E-state index in [-0.39, 0.29) is 23.8 Å². The number of carboxylic acids is 1. The van der Waals surface area contributed by atoms with Gasteiger partial charge in [-0.25, -0.2) is 9.69 Å². The molecule has 2 amide bonds. The molecule has 1 saturated heterocycles.